The fourth-order valence-corrected chi connectivity index (χ4v) is 5.68. The van der Waals surface area contributed by atoms with E-state index in [1.807, 2.05) is 4.90 Å². The zero-order valence-corrected chi connectivity index (χ0v) is 16.2. The molecule has 3 aliphatic rings. The summed E-state index contributed by atoms with van der Waals surface area (Å²) < 4.78 is 27.2. The number of sulfone groups is 1. The minimum atomic E-state index is -2.91. The Bertz CT molecular complexity index is 560. The highest BCUT2D eigenvalue weighted by Crippen LogP contribution is 2.31. The molecule has 0 aromatic heterocycles. The third-order valence-corrected chi connectivity index (χ3v) is 7.40. The van der Waals surface area contributed by atoms with E-state index in [0.29, 0.717) is 19.0 Å². The van der Waals surface area contributed by atoms with Gasteiger partial charge >= 0.3 is 0 Å². The van der Waals surface area contributed by atoms with E-state index in [1.165, 1.54) is 6.26 Å². The second-order valence-corrected chi connectivity index (χ2v) is 10.3. The lowest BCUT2D eigenvalue weighted by molar-refractivity contribution is -0.135. The first-order valence-electron chi connectivity index (χ1n) is 8.58. The number of piperidine rings is 1. The predicted molar refractivity (Wildman–Crippen MR) is 96.6 cm³/mol. The second kappa shape index (κ2) is 9.20. The van der Waals surface area contributed by atoms with E-state index in [4.69, 9.17) is 9.90 Å². The topological polar surface area (TPSA) is 98.2 Å². The van der Waals surface area contributed by atoms with Gasteiger partial charge in [-0.3, -0.25) is 9.59 Å². The number of carbonyl (C=O) groups is 2. The summed E-state index contributed by atoms with van der Waals surface area (Å²) >= 11 is 1.62. The van der Waals surface area contributed by atoms with Crippen molar-refractivity contribution in [1.82, 2.24) is 13.5 Å². The van der Waals surface area contributed by atoms with Gasteiger partial charge in [-0.2, -0.15) is 0 Å². The highest BCUT2D eigenvalue weighted by Gasteiger charge is 2.37. The van der Waals surface area contributed by atoms with Gasteiger partial charge in [0.1, 0.15) is 0 Å². The van der Waals surface area contributed by atoms with Crippen LogP contribution in [0.5, 0.6) is 0 Å². The number of carboxylic acid groups (broad SMARTS) is 1. The quantitative estimate of drug-likeness (QED) is 0.538. The molecule has 0 spiro atoms. The number of likely N-dealkylation sites (tertiary alicyclic amines) is 1. The van der Waals surface area contributed by atoms with Crippen LogP contribution >= 0.6 is 12.1 Å². The van der Waals surface area contributed by atoms with Crippen LogP contribution in [0.1, 0.15) is 25.7 Å². The molecule has 25 heavy (non-hydrogen) atoms. The summed E-state index contributed by atoms with van der Waals surface area (Å²) in [7, 11) is -2.91. The predicted octanol–water partition coefficient (Wildman–Crippen LogP) is 0.314. The van der Waals surface area contributed by atoms with Crippen molar-refractivity contribution in [1.29, 1.82) is 0 Å². The summed E-state index contributed by atoms with van der Waals surface area (Å²) in [6.45, 7) is 4.57. The molecule has 3 saturated heterocycles. The number of amides is 1. The summed E-state index contributed by atoms with van der Waals surface area (Å²) in [4.78, 5) is 22.9. The molecule has 3 rings (SSSR count). The molecule has 0 aromatic rings. The molecule has 1 unspecified atom stereocenters. The van der Waals surface area contributed by atoms with Crippen molar-refractivity contribution in [3.63, 3.8) is 0 Å². The number of rotatable bonds is 4. The Labute approximate surface area is 153 Å². The van der Waals surface area contributed by atoms with Crippen LogP contribution in [0, 0.1) is 5.92 Å². The number of nitrogens with zero attached hydrogens (tertiary/aromatic N) is 3. The van der Waals surface area contributed by atoms with E-state index >= 15 is 0 Å². The molecule has 0 aliphatic carbocycles. The van der Waals surface area contributed by atoms with E-state index < -0.39 is 9.84 Å². The Hall–Kier alpha value is -0.840. The Kier molecular flexibility index (Phi) is 7.53. The first-order valence-corrected chi connectivity index (χ1v) is 11.3. The van der Waals surface area contributed by atoms with E-state index in [0.717, 1.165) is 51.9 Å². The van der Waals surface area contributed by atoms with Gasteiger partial charge in [0, 0.05) is 57.7 Å². The maximum absolute atomic E-state index is 12.5. The molecule has 144 valence electrons. The summed E-state index contributed by atoms with van der Waals surface area (Å²) in [5.41, 5.74) is 0. The normalized spacial score (nSPS) is 25.8. The van der Waals surface area contributed by atoms with Gasteiger partial charge < -0.3 is 10.0 Å². The average Bonchev–Trinajstić information content (AvgIpc) is 3.04. The van der Waals surface area contributed by atoms with Gasteiger partial charge in [0.25, 0.3) is 6.47 Å². The lowest BCUT2D eigenvalue weighted by Crippen LogP contribution is -2.53. The Morgan fingerprint density at radius 3 is 2.24 bits per heavy atom. The smallest absolute Gasteiger partial charge is 0.290 e. The number of carbonyl (C=O) groups excluding carboxylic acids is 1. The first-order chi connectivity index (χ1) is 11.8. The standard InChI is InChI=1S/C14H25N3O3S2.CH2O2/c1-22(19,20)13-10-17(11-13)21-16-8-4-5-12(9-16)14(18)15-6-2-3-7-15;2-1-3/h12-13H,2-11H2,1H3;1H,(H,2,3). The third-order valence-electron chi connectivity index (χ3n) is 4.80. The molecule has 3 fully saturated rings. The van der Waals surface area contributed by atoms with Crippen LogP contribution in [0.2, 0.25) is 0 Å². The molecular formula is C15H27N3O5S2. The molecule has 0 aromatic carbocycles. The summed E-state index contributed by atoms with van der Waals surface area (Å²) in [5.74, 6) is 0.437. The largest absolute Gasteiger partial charge is 0.483 e. The molecule has 0 saturated carbocycles. The molecule has 1 N–H and O–H groups in total. The first kappa shape index (κ1) is 20.5. The minimum Gasteiger partial charge on any atom is -0.483 e. The lowest BCUT2D eigenvalue weighted by atomic mass is 9.98. The van der Waals surface area contributed by atoms with Gasteiger partial charge in [0.2, 0.25) is 5.91 Å². The van der Waals surface area contributed by atoms with E-state index in [9.17, 15) is 13.2 Å². The van der Waals surface area contributed by atoms with Crippen LogP contribution in [-0.2, 0) is 19.4 Å². The van der Waals surface area contributed by atoms with Crippen LogP contribution in [0.15, 0.2) is 0 Å². The fraction of sp³-hybridized carbons (Fsp3) is 0.867. The van der Waals surface area contributed by atoms with Gasteiger partial charge in [-0.15, -0.1) is 0 Å². The van der Waals surface area contributed by atoms with E-state index in [1.54, 1.807) is 12.1 Å². The maximum atomic E-state index is 12.5. The molecule has 10 heteroatoms. The molecular weight excluding hydrogens is 366 g/mol. The third kappa shape index (κ3) is 5.83. The zero-order valence-electron chi connectivity index (χ0n) is 14.5. The Balaban J connectivity index is 0.000000701. The van der Waals surface area contributed by atoms with E-state index in [-0.39, 0.29) is 17.6 Å². The molecule has 1 amide bonds. The number of hydrogen-bond acceptors (Lipinski definition) is 7. The molecule has 3 heterocycles. The van der Waals surface area contributed by atoms with Crippen molar-refractivity contribution in [2.75, 3.05) is 45.5 Å². The molecule has 8 nitrogen and oxygen atoms in total. The molecule has 3 aliphatic heterocycles. The average molecular weight is 394 g/mol. The summed E-state index contributed by atoms with van der Waals surface area (Å²) in [6.07, 6.45) is 5.61. The molecule has 0 bridgehead atoms. The van der Waals surface area contributed by atoms with Gasteiger partial charge in [-0.05, 0) is 25.7 Å². The van der Waals surface area contributed by atoms with E-state index in [2.05, 4.69) is 8.61 Å². The van der Waals surface area contributed by atoms with Crippen LogP contribution in [0.3, 0.4) is 0 Å². The van der Waals surface area contributed by atoms with Crippen molar-refractivity contribution in [2.45, 2.75) is 30.9 Å². The second-order valence-electron chi connectivity index (χ2n) is 6.75. The monoisotopic (exact) mass is 393 g/mol. The van der Waals surface area contributed by atoms with Crippen LogP contribution in [0.25, 0.3) is 0 Å². The lowest BCUT2D eigenvalue weighted by Gasteiger charge is -2.41. The minimum absolute atomic E-state index is 0.117. The van der Waals surface area contributed by atoms with Crippen molar-refractivity contribution in [3.05, 3.63) is 0 Å². The molecule has 0 radical (unpaired) electrons. The SMILES string of the molecule is CS(=O)(=O)C1CN(SN2CCCC(C(=O)N3CCCC3)C2)C1.O=CO. The number of hydrogen-bond donors (Lipinski definition) is 1. The van der Waals surface area contributed by atoms with Crippen LogP contribution in [-0.4, -0.2) is 90.2 Å². The summed E-state index contributed by atoms with van der Waals surface area (Å²) in [5, 5.41) is 6.67. The maximum Gasteiger partial charge on any atom is 0.290 e. The summed E-state index contributed by atoms with van der Waals surface area (Å²) in [6, 6.07) is 0. The Morgan fingerprint density at radius 1 is 1.08 bits per heavy atom. The fourth-order valence-electron chi connectivity index (χ4n) is 3.32. The van der Waals surface area contributed by atoms with Gasteiger partial charge in [-0.25, -0.2) is 17.0 Å². The van der Waals surface area contributed by atoms with Crippen molar-refractivity contribution >= 4 is 34.4 Å². The Morgan fingerprint density at radius 2 is 1.68 bits per heavy atom. The molecule has 1 atom stereocenters. The van der Waals surface area contributed by atoms with Crippen LogP contribution < -0.4 is 0 Å². The zero-order chi connectivity index (χ0) is 18.4. The van der Waals surface area contributed by atoms with Gasteiger partial charge in [-0.1, -0.05) is 0 Å². The van der Waals surface area contributed by atoms with Crippen molar-refractivity contribution in [2.24, 2.45) is 5.92 Å². The van der Waals surface area contributed by atoms with Crippen molar-refractivity contribution < 1.29 is 23.1 Å². The highest BCUT2D eigenvalue weighted by atomic mass is 32.2. The highest BCUT2D eigenvalue weighted by molar-refractivity contribution is 7.95. The van der Waals surface area contributed by atoms with Gasteiger partial charge in [0.05, 0.1) is 11.2 Å². The van der Waals surface area contributed by atoms with Crippen molar-refractivity contribution in [3.8, 4) is 0 Å². The van der Waals surface area contributed by atoms with Gasteiger partial charge in [0.15, 0.2) is 9.84 Å². The van der Waals surface area contributed by atoms with Crippen LogP contribution in [0.4, 0.5) is 0 Å².